The number of nitrogens with one attached hydrogen (secondary N) is 1. The van der Waals surface area contributed by atoms with Crippen LogP contribution in [0.15, 0.2) is 48.9 Å². The zero-order valence-electron chi connectivity index (χ0n) is 16.7. The molecule has 7 nitrogen and oxygen atoms in total. The average Bonchev–Trinajstić information content (AvgIpc) is 3.36. The third-order valence-electron chi connectivity index (χ3n) is 6.66. The van der Waals surface area contributed by atoms with Gasteiger partial charge in [0.1, 0.15) is 24.4 Å². The maximum Gasteiger partial charge on any atom is 0.410 e. The number of carbonyl (C=O) groups is 1. The number of amides is 1. The maximum atomic E-state index is 12.9. The summed E-state index contributed by atoms with van der Waals surface area (Å²) in [5.41, 5.74) is 1.62. The van der Waals surface area contributed by atoms with E-state index in [0.717, 1.165) is 42.0 Å². The van der Waals surface area contributed by atoms with E-state index < -0.39 is 0 Å². The van der Waals surface area contributed by atoms with Gasteiger partial charge in [-0.25, -0.2) is 14.8 Å². The third-order valence-corrected chi connectivity index (χ3v) is 6.66. The molecule has 2 aliphatic rings. The first-order valence-corrected chi connectivity index (χ1v) is 10.1. The summed E-state index contributed by atoms with van der Waals surface area (Å²) in [6.45, 7) is 7.09. The first kappa shape index (κ1) is 18.0. The molecule has 3 aromatic rings. The number of hydrogen-bond acceptors (Lipinski definition) is 5. The molecule has 1 N–H and O–H groups in total. The lowest BCUT2D eigenvalue weighted by Crippen LogP contribution is -2.71. The van der Waals surface area contributed by atoms with Crippen LogP contribution in [0.2, 0.25) is 0 Å². The van der Waals surface area contributed by atoms with E-state index >= 15 is 0 Å². The highest BCUT2D eigenvalue weighted by atomic mass is 16.6. The fourth-order valence-electron chi connectivity index (χ4n) is 5.08. The number of rotatable bonds is 3. The summed E-state index contributed by atoms with van der Waals surface area (Å²) in [5, 5.41) is 1.02. The van der Waals surface area contributed by atoms with Crippen molar-refractivity contribution in [3.05, 3.63) is 54.5 Å². The molecule has 3 atom stereocenters. The Hall–Kier alpha value is -3.09. The van der Waals surface area contributed by atoms with Gasteiger partial charge in [-0.1, -0.05) is 44.2 Å². The Bertz CT molecular complexity index is 1040. The van der Waals surface area contributed by atoms with Crippen molar-refractivity contribution in [2.45, 2.75) is 26.0 Å². The van der Waals surface area contributed by atoms with Crippen LogP contribution in [-0.4, -0.2) is 51.1 Å². The van der Waals surface area contributed by atoms with Gasteiger partial charge in [-0.3, -0.25) is 4.90 Å². The number of H-pyrrole nitrogens is 1. The van der Waals surface area contributed by atoms with Crippen LogP contribution in [0.5, 0.6) is 0 Å². The predicted molar refractivity (Wildman–Crippen MR) is 110 cm³/mol. The zero-order chi connectivity index (χ0) is 20.0. The highest BCUT2D eigenvalue weighted by molar-refractivity contribution is 5.87. The lowest BCUT2D eigenvalue weighted by Gasteiger charge is -2.57. The second-order valence-corrected chi connectivity index (χ2v) is 8.26. The Morgan fingerprint density at radius 2 is 1.97 bits per heavy atom. The molecule has 0 bridgehead atoms. The number of hydrogen-bond donors (Lipinski definition) is 1. The van der Waals surface area contributed by atoms with E-state index in [0.29, 0.717) is 18.4 Å². The lowest BCUT2D eigenvalue weighted by molar-refractivity contribution is -0.0725. The van der Waals surface area contributed by atoms with Gasteiger partial charge in [0.05, 0.1) is 10.9 Å². The van der Waals surface area contributed by atoms with Crippen LogP contribution < -0.4 is 4.90 Å². The molecular formula is C22H25N5O2. The normalized spacial score (nSPS) is 26.1. The van der Waals surface area contributed by atoms with Gasteiger partial charge in [0.25, 0.3) is 0 Å². The summed E-state index contributed by atoms with van der Waals surface area (Å²) >= 11 is 0. The van der Waals surface area contributed by atoms with Crippen LogP contribution in [0.3, 0.4) is 0 Å². The second kappa shape index (κ2) is 6.76. The van der Waals surface area contributed by atoms with E-state index in [1.807, 2.05) is 47.5 Å². The predicted octanol–water partition coefficient (Wildman–Crippen LogP) is 3.44. The first-order valence-electron chi connectivity index (χ1n) is 10.1. The number of likely N-dealkylation sites (tertiary alicyclic amines) is 1. The summed E-state index contributed by atoms with van der Waals surface area (Å²) in [7, 11) is 0. The monoisotopic (exact) mass is 391 g/mol. The van der Waals surface area contributed by atoms with Crippen LogP contribution in [0, 0.1) is 11.8 Å². The number of ether oxygens (including phenoxy) is 1. The van der Waals surface area contributed by atoms with Crippen molar-refractivity contribution < 1.29 is 9.53 Å². The molecule has 2 aliphatic heterocycles. The van der Waals surface area contributed by atoms with Crippen molar-refractivity contribution >= 4 is 22.9 Å². The van der Waals surface area contributed by atoms with Crippen LogP contribution >= 0.6 is 0 Å². The van der Waals surface area contributed by atoms with Crippen molar-refractivity contribution in [3.8, 4) is 0 Å². The van der Waals surface area contributed by atoms with Gasteiger partial charge in [-0.2, -0.15) is 0 Å². The van der Waals surface area contributed by atoms with Crippen molar-refractivity contribution in [3.63, 3.8) is 0 Å². The van der Waals surface area contributed by atoms with Crippen LogP contribution in [-0.2, 0) is 11.3 Å². The van der Waals surface area contributed by atoms with Crippen molar-refractivity contribution in [2.24, 2.45) is 11.8 Å². The van der Waals surface area contributed by atoms with E-state index in [2.05, 4.69) is 33.7 Å². The summed E-state index contributed by atoms with van der Waals surface area (Å²) in [5.74, 6) is 1.66. The van der Waals surface area contributed by atoms with Gasteiger partial charge >= 0.3 is 6.09 Å². The number of aromatic nitrogens is 3. The van der Waals surface area contributed by atoms with Gasteiger partial charge in [0, 0.05) is 25.8 Å². The topological polar surface area (TPSA) is 74.4 Å². The summed E-state index contributed by atoms with van der Waals surface area (Å²) < 4.78 is 5.65. The van der Waals surface area contributed by atoms with Crippen LogP contribution in [0.1, 0.15) is 19.4 Å². The smallest absolute Gasteiger partial charge is 0.410 e. The van der Waals surface area contributed by atoms with Gasteiger partial charge in [-0.15, -0.1) is 0 Å². The van der Waals surface area contributed by atoms with Crippen molar-refractivity contribution in [1.82, 2.24) is 19.9 Å². The van der Waals surface area contributed by atoms with E-state index in [9.17, 15) is 4.79 Å². The molecule has 7 heteroatoms. The molecule has 1 aromatic carbocycles. The highest BCUT2D eigenvalue weighted by Crippen LogP contribution is 2.48. The SMILES string of the molecule is C[C@@H]1CN(c2ncnc3[nH]ccc23)C[C@]12[C@@H](C)CN2C(=O)OCc1ccccc1. The van der Waals surface area contributed by atoms with Crippen molar-refractivity contribution in [2.75, 3.05) is 24.5 Å². The third kappa shape index (κ3) is 2.75. The summed E-state index contributed by atoms with van der Waals surface area (Å²) in [6.07, 6.45) is 3.26. The molecule has 5 rings (SSSR count). The molecule has 2 aromatic heterocycles. The number of aromatic amines is 1. The van der Waals surface area contributed by atoms with Crippen LogP contribution in [0.4, 0.5) is 10.6 Å². The molecule has 0 aliphatic carbocycles. The van der Waals surface area contributed by atoms with E-state index in [-0.39, 0.29) is 11.6 Å². The Morgan fingerprint density at radius 1 is 1.17 bits per heavy atom. The van der Waals surface area contributed by atoms with Gasteiger partial charge < -0.3 is 14.6 Å². The molecule has 150 valence electrons. The van der Waals surface area contributed by atoms with Gasteiger partial charge in [0.2, 0.25) is 0 Å². The highest BCUT2D eigenvalue weighted by Gasteiger charge is 2.61. The summed E-state index contributed by atoms with van der Waals surface area (Å²) in [6, 6.07) is 11.8. The molecule has 0 radical (unpaired) electrons. The average molecular weight is 391 g/mol. The Kier molecular flexibility index (Phi) is 4.19. The van der Waals surface area contributed by atoms with E-state index in [1.165, 1.54) is 0 Å². The maximum absolute atomic E-state index is 12.9. The van der Waals surface area contributed by atoms with Crippen molar-refractivity contribution in [1.29, 1.82) is 0 Å². The van der Waals surface area contributed by atoms with E-state index in [4.69, 9.17) is 4.74 Å². The number of carbonyl (C=O) groups excluding carboxylic acids is 1. The minimum atomic E-state index is -0.227. The van der Waals surface area contributed by atoms with Crippen LogP contribution in [0.25, 0.3) is 11.0 Å². The fraction of sp³-hybridized carbons (Fsp3) is 0.409. The Morgan fingerprint density at radius 3 is 2.76 bits per heavy atom. The molecule has 1 spiro atoms. The standard InChI is InChI=1S/C22H25N5O2/c1-15-10-26(20-18-8-9-23-19(18)24-14-25-20)13-22(15)16(2)11-27(22)21(28)29-12-17-6-4-3-5-7-17/h3-9,14-16H,10-13H2,1-2H3,(H,23,24,25)/t15-,16+,22-/m1/s1. The molecule has 0 saturated carbocycles. The number of fused-ring (bicyclic) bond motifs is 1. The zero-order valence-corrected chi connectivity index (χ0v) is 16.7. The molecule has 2 saturated heterocycles. The second-order valence-electron chi connectivity index (χ2n) is 8.26. The van der Waals surface area contributed by atoms with Gasteiger partial charge in [-0.05, 0) is 23.5 Å². The lowest BCUT2D eigenvalue weighted by atomic mass is 9.69. The van der Waals surface area contributed by atoms with Gasteiger partial charge in [0.15, 0.2) is 0 Å². The Balaban J connectivity index is 1.36. The Labute approximate surface area is 169 Å². The quantitative estimate of drug-likeness (QED) is 0.740. The molecule has 2 fully saturated rings. The molecular weight excluding hydrogens is 366 g/mol. The largest absolute Gasteiger partial charge is 0.445 e. The molecule has 0 unspecified atom stereocenters. The molecule has 4 heterocycles. The molecule has 1 amide bonds. The van der Waals surface area contributed by atoms with E-state index in [1.54, 1.807) is 6.33 Å². The molecule has 29 heavy (non-hydrogen) atoms. The number of nitrogens with zero attached hydrogens (tertiary/aromatic N) is 4. The summed E-state index contributed by atoms with van der Waals surface area (Å²) in [4.78, 5) is 29.1. The minimum Gasteiger partial charge on any atom is -0.445 e. The fourth-order valence-corrected chi connectivity index (χ4v) is 5.08. The number of anilines is 1. The number of benzene rings is 1. The first-order chi connectivity index (χ1) is 14.1. The minimum absolute atomic E-state index is 0.221.